The van der Waals surface area contributed by atoms with Crippen LogP contribution in [0.4, 0.5) is 5.69 Å². The summed E-state index contributed by atoms with van der Waals surface area (Å²) in [5, 5.41) is 23.6. The Hall–Kier alpha value is -2.25. The molecule has 3 heterocycles. The number of aryl methyl sites for hydroxylation is 1. The summed E-state index contributed by atoms with van der Waals surface area (Å²) in [4.78, 5) is 10.4. The second-order valence-corrected chi connectivity index (χ2v) is 5.30. The molecule has 1 atom stereocenters. The summed E-state index contributed by atoms with van der Waals surface area (Å²) >= 11 is 0. The van der Waals surface area contributed by atoms with Crippen LogP contribution >= 0.6 is 0 Å². The summed E-state index contributed by atoms with van der Waals surface area (Å²) in [6, 6.07) is -0.113. The average Bonchev–Trinajstić information content (AvgIpc) is 3.03. The lowest BCUT2D eigenvalue weighted by Gasteiger charge is -2.16. The molecule has 2 aromatic heterocycles. The Morgan fingerprint density at radius 2 is 2.24 bits per heavy atom. The van der Waals surface area contributed by atoms with Crippen LogP contribution in [0.1, 0.15) is 50.3 Å². The summed E-state index contributed by atoms with van der Waals surface area (Å²) in [5.74, 6) is 1.87. The maximum atomic E-state index is 10.8. The van der Waals surface area contributed by atoms with Gasteiger partial charge in [-0.15, -0.1) is 10.2 Å². The Morgan fingerprint density at radius 3 is 2.95 bits per heavy atom. The highest BCUT2D eigenvalue weighted by molar-refractivity contribution is 5.22. The quantitative estimate of drug-likeness (QED) is 0.635. The first kappa shape index (κ1) is 13.7. The third-order valence-corrected chi connectivity index (χ3v) is 3.94. The second-order valence-electron chi connectivity index (χ2n) is 5.30. The Kier molecular flexibility index (Phi) is 3.68. The molecule has 0 bridgehead atoms. The van der Waals surface area contributed by atoms with Crippen molar-refractivity contribution >= 4 is 5.69 Å². The zero-order chi connectivity index (χ0) is 14.8. The normalized spacial score (nSPS) is 16.2. The van der Waals surface area contributed by atoms with Gasteiger partial charge in [0.05, 0.1) is 4.92 Å². The number of aromatic nitrogens is 5. The fourth-order valence-corrected chi connectivity index (χ4v) is 2.83. The number of hydrogen-bond acceptors (Lipinski definition) is 5. The van der Waals surface area contributed by atoms with Crippen molar-refractivity contribution in [1.29, 1.82) is 0 Å². The molecule has 0 aromatic carbocycles. The van der Waals surface area contributed by atoms with Crippen LogP contribution in [0.2, 0.25) is 0 Å². The van der Waals surface area contributed by atoms with Crippen molar-refractivity contribution in [3.8, 4) is 0 Å². The van der Waals surface area contributed by atoms with E-state index in [0.717, 1.165) is 43.9 Å². The fourth-order valence-electron chi connectivity index (χ4n) is 2.83. The van der Waals surface area contributed by atoms with Gasteiger partial charge in [0.15, 0.2) is 5.82 Å². The largest absolute Gasteiger partial charge is 0.313 e. The van der Waals surface area contributed by atoms with Gasteiger partial charge in [-0.25, -0.2) is 0 Å². The Balaban J connectivity index is 1.96. The van der Waals surface area contributed by atoms with Crippen LogP contribution in [0.5, 0.6) is 0 Å². The molecule has 8 heteroatoms. The maximum absolute atomic E-state index is 10.8. The first-order valence-electron chi connectivity index (χ1n) is 7.31. The molecular weight excluding hydrogens is 272 g/mol. The summed E-state index contributed by atoms with van der Waals surface area (Å²) in [6.07, 6.45) is 7.91. The first-order chi connectivity index (χ1) is 10.2. The third kappa shape index (κ3) is 2.53. The number of hydrogen-bond donors (Lipinski definition) is 0. The van der Waals surface area contributed by atoms with Crippen molar-refractivity contribution in [2.45, 2.75) is 51.6 Å². The predicted octanol–water partition coefficient (Wildman–Crippen LogP) is 2.11. The minimum Gasteiger partial charge on any atom is -0.313 e. The molecule has 112 valence electrons. The van der Waals surface area contributed by atoms with Crippen LogP contribution in [-0.4, -0.2) is 29.5 Å². The smallest absolute Gasteiger partial charge is 0.307 e. The second kappa shape index (κ2) is 5.63. The monoisotopic (exact) mass is 290 g/mol. The minimum absolute atomic E-state index is 0.00375. The molecule has 0 radical (unpaired) electrons. The van der Waals surface area contributed by atoms with E-state index >= 15 is 0 Å². The van der Waals surface area contributed by atoms with E-state index in [0.29, 0.717) is 0 Å². The zero-order valence-electron chi connectivity index (χ0n) is 12.0. The molecule has 1 aliphatic rings. The van der Waals surface area contributed by atoms with E-state index in [1.807, 2.05) is 6.92 Å². The van der Waals surface area contributed by atoms with Gasteiger partial charge in [0.25, 0.3) is 0 Å². The lowest BCUT2D eigenvalue weighted by molar-refractivity contribution is -0.385. The molecule has 0 amide bonds. The summed E-state index contributed by atoms with van der Waals surface area (Å²) in [5.41, 5.74) is 0.00375. The van der Waals surface area contributed by atoms with Crippen LogP contribution in [-0.2, 0) is 13.0 Å². The van der Waals surface area contributed by atoms with Crippen LogP contribution in [0.3, 0.4) is 0 Å². The van der Waals surface area contributed by atoms with Gasteiger partial charge in [-0.3, -0.25) is 14.8 Å². The minimum atomic E-state index is -0.430. The summed E-state index contributed by atoms with van der Waals surface area (Å²) in [7, 11) is 0. The van der Waals surface area contributed by atoms with Gasteiger partial charge < -0.3 is 4.57 Å². The van der Waals surface area contributed by atoms with Gasteiger partial charge in [0.1, 0.15) is 24.3 Å². The molecule has 0 unspecified atom stereocenters. The van der Waals surface area contributed by atoms with Crippen LogP contribution in [0.15, 0.2) is 12.4 Å². The van der Waals surface area contributed by atoms with Gasteiger partial charge >= 0.3 is 5.69 Å². The molecule has 8 nitrogen and oxygen atoms in total. The number of nitrogens with zero attached hydrogens (tertiary/aromatic N) is 6. The van der Waals surface area contributed by atoms with Gasteiger partial charge in [-0.2, -0.15) is 5.10 Å². The average molecular weight is 290 g/mol. The Bertz CT molecular complexity index is 647. The van der Waals surface area contributed by atoms with E-state index in [-0.39, 0.29) is 11.7 Å². The summed E-state index contributed by atoms with van der Waals surface area (Å²) < 4.78 is 3.79. The van der Waals surface area contributed by atoms with Gasteiger partial charge in [0, 0.05) is 13.0 Å². The topological polar surface area (TPSA) is 91.7 Å². The lowest BCUT2D eigenvalue weighted by Crippen LogP contribution is -2.17. The van der Waals surface area contributed by atoms with E-state index in [1.54, 1.807) is 4.68 Å². The number of rotatable bonds is 4. The van der Waals surface area contributed by atoms with Gasteiger partial charge in [-0.05, 0) is 19.3 Å². The maximum Gasteiger partial charge on any atom is 0.307 e. The van der Waals surface area contributed by atoms with Crippen molar-refractivity contribution in [2.75, 3.05) is 0 Å². The molecule has 21 heavy (non-hydrogen) atoms. The highest BCUT2D eigenvalue weighted by Crippen LogP contribution is 2.25. The number of fused-ring (bicyclic) bond motifs is 1. The van der Waals surface area contributed by atoms with Crippen molar-refractivity contribution < 1.29 is 4.92 Å². The van der Waals surface area contributed by atoms with Crippen LogP contribution in [0.25, 0.3) is 0 Å². The molecule has 0 fully saturated rings. The van der Waals surface area contributed by atoms with Crippen LogP contribution in [0, 0.1) is 10.1 Å². The standard InChI is InChI=1S/C13H18N6O2/c1-2-11(18-9-10(8-14-18)19(20)21)13-16-15-12-6-4-3-5-7-17(12)13/h8-9,11H,2-7H2,1H3/t11-/m1/s1. The molecular formula is C13H18N6O2. The van der Waals surface area contributed by atoms with E-state index < -0.39 is 4.92 Å². The molecule has 0 saturated carbocycles. The van der Waals surface area contributed by atoms with Crippen molar-refractivity contribution in [1.82, 2.24) is 24.5 Å². The van der Waals surface area contributed by atoms with E-state index in [2.05, 4.69) is 19.9 Å². The highest BCUT2D eigenvalue weighted by Gasteiger charge is 2.24. The van der Waals surface area contributed by atoms with Gasteiger partial charge in [0.2, 0.25) is 0 Å². The zero-order valence-corrected chi connectivity index (χ0v) is 12.0. The van der Waals surface area contributed by atoms with E-state index in [1.165, 1.54) is 18.8 Å². The van der Waals surface area contributed by atoms with Crippen molar-refractivity contribution in [3.63, 3.8) is 0 Å². The predicted molar refractivity (Wildman–Crippen MR) is 74.9 cm³/mol. The van der Waals surface area contributed by atoms with E-state index in [9.17, 15) is 10.1 Å². The molecule has 0 N–H and O–H groups in total. The lowest BCUT2D eigenvalue weighted by atomic mass is 10.2. The Labute approximate surface area is 121 Å². The van der Waals surface area contributed by atoms with Crippen molar-refractivity contribution in [2.24, 2.45) is 0 Å². The van der Waals surface area contributed by atoms with Crippen LogP contribution < -0.4 is 0 Å². The summed E-state index contributed by atoms with van der Waals surface area (Å²) in [6.45, 7) is 2.94. The fraction of sp³-hybridized carbons (Fsp3) is 0.615. The molecule has 1 aliphatic heterocycles. The van der Waals surface area contributed by atoms with Crippen molar-refractivity contribution in [3.05, 3.63) is 34.2 Å². The third-order valence-electron chi connectivity index (χ3n) is 3.94. The molecule has 2 aromatic rings. The SMILES string of the molecule is CC[C@H](c1nnc2n1CCCCC2)n1cc([N+](=O)[O-])cn1. The number of nitro groups is 1. The first-order valence-corrected chi connectivity index (χ1v) is 7.31. The molecule has 0 aliphatic carbocycles. The Morgan fingerprint density at radius 1 is 1.38 bits per heavy atom. The molecule has 0 spiro atoms. The highest BCUT2D eigenvalue weighted by atomic mass is 16.6. The molecule has 3 rings (SSSR count). The van der Waals surface area contributed by atoms with Gasteiger partial charge in [-0.1, -0.05) is 13.3 Å². The molecule has 0 saturated heterocycles. The van der Waals surface area contributed by atoms with E-state index in [4.69, 9.17) is 0 Å².